The first-order chi connectivity index (χ1) is 5.13. The fourth-order valence-electron chi connectivity index (χ4n) is 0.792. The lowest BCUT2D eigenvalue weighted by atomic mass is 10.0. The number of ketones is 1. The number of halogens is 1. The minimum atomic E-state index is -1.32. The molecule has 0 amide bonds. The van der Waals surface area contributed by atoms with Gasteiger partial charge in [-0.3, -0.25) is 4.79 Å². The number of carbonyl (C=O) groups excluding carboxylic acids is 2. The second-order valence-electron chi connectivity index (χ2n) is 2.26. The van der Waals surface area contributed by atoms with Gasteiger partial charge in [0.2, 0.25) is 0 Å². The summed E-state index contributed by atoms with van der Waals surface area (Å²) in [6, 6.07) is 0. The van der Waals surface area contributed by atoms with E-state index in [0.29, 0.717) is 12.8 Å². The Balaban J connectivity index is 4.09. The fourth-order valence-corrected chi connectivity index (χ4v) is 0.978. The summed E-state index contributed by atoms with van der Waals surface area (Å²) in [6.45, 7) is 1.80. The summed E-state index contributed by atoms with van der Waals surface area (Å²) in [7, 11) is 0. The lowest BCUT2D eigenvalue weighted by Gasteiger charge is -2.13. The molecule has 0 aromatic heterocycles. The van der Waals surface area contributed by atoms with Gasteiger partial charge in [-0.25, -0.2) is 0 Å². The summed E-state index contributed by atoms with van der Waals surface area (Å²) in [5.74, 6) is -3.05. The van der Waals surface area contributed by atoms with Gasteiger partial charge in [0.15, 0.2) is 5.78 Å². The van der Waals surface area contributed by atoms with Crippen LogP contribution in [0.5, 0.6) is 0 Å². The third-order valence-corrected chi connectivity index (χ3v) is 1.65. The van der Waals surface area contributed by atoms with E-state index in [0.717, 1.165) is 0 Å². The van der Waals surface area contributed by atoms with E-state index in [1.807, 2.05) is 0 Å². The molecule has 0 N–H and O–H groups in total. The van der Waals surface area contributed by atoms with Crippen LogP contribution < -0.4 is 5.11 Å². The monoisotopic (exact) mass is 177 g/mol. The Morgan fingerprint density at radius 2 is 2.09 bits per heavy atom. The van der Waals surface area contributed by atoms with Crippen LogP contribution in [0, 0.1) is 5.92 Å². The average molecular weight is 178 g/mol. The summed E-state index contributed by atoms with van der Waals surface area (Å²) in [5.41, 5.74) is 0. The maximum atomic E-state index is 10.8. The number of hydrogen-bond donors (Lipinski definition) is 0. The van der Waals surface area contributed by atoms with Crippen molar-refractivity contribution in [1.82, 2.24) is 0 Å². The number of carboxylic acid groups (broad SMARTS) is 1. The highest BCUT2D eigenvalue weighted by atomic mass is 35.5. The molecule has 0 heterocycles. The number of rotatable bonds is 5. The highest BCUT2D eigenvalue weighted by Gasteiger charge is 2.16. The molecule has 0 fully saturated rings. The molecule has 0 bridgehead atoms. The second kappa shape index (κ2) is 5.13. The Bertz CT molecular complexity index is 156. The molecular formula is C7H10ClO3-. The van der Waals surface area contributed by atoms with Crippen molar-refractivity contribution in [2.45, 2.75) is 19.8 Å². The molecule has 0 aromatic carbocycles. The predicted octanol–water partition coefficient (Wildman–Crippen LogP) is -0.0395. The van der Waals surface area contributed by atoms with Crippen LogP contribution in [-0.4, -0.2) is 17.6 Å². The van der Waals surface area contributed by atoms with E-state index in [4.69, 9.17) is 11.6 Å². The molecule has 0 aliphatic heterocycles. The maximum absolute atomic E-state index is 10.8. The van der Waals surface area contributed by atoms with Gasteiger partial charge in [-0.2, -0.15) is 0 Å². The molecule has 3 nitrogen and oxygen atoms in total. The molecule has 0 rings (SSSR count). The molecule has 1 unspecified atom stereocenters. The minimum absolute atomic E-state index is 0.251. The highest BCUT2D eigenvalue weighted by molar-refractivity contribution is 6.29. The molecule has 0 radical (unpaired) electrons. The van der Waals surface area contributed by atoms with Crippen molar-refractivity contribution >= 4 is 23.4 Å². The van der Waals surface area contributed by atoms with Gasteiger partial charge in [0.1, 0.15) is 0 Å². The Hall–Kier alpha value is -0.570. The van der Waals surface area contributed by atoms with Gasteiger partial charge >= 0.3 is 0 Å². The SMILES string of the molecule is CCCC(C(=O)[O-])C(=O)CCl. The van der Waals surface area contributed by atoms with Crippen molar-refractivity contribution in [3.05, 3.63) is 0 Å². The van der Waals surface area contributed by atoms with Gasteiger partial charge in [-0.05, 0) is 6.42 Å². The summed E-state index contributed by atoms with van der Waals surface area (Å²) in [4.78, 5) is 21.1. The highest BCUT2D eigenvalue weighted by Crippen LogP contribution is 2.07. The standard InChI is InChI=1S/C7H11ClO3/c1-2-3-5(7(10)11)6(9)4-8/h5H,2-4H2,1H3,(H,10,11)/p-1. The molecule has 0 aliphatic carbocycles. The molecule has 0 aliphatic rings. The van der Waals surface area contributed by atoms with Crippen molar-refractivity contribution in [1.29, 1.82) is 0 Å². The van der Waals surface area contributed by atoms with Crippen LogP contribution in [0.15, 0.2) is 0 Å². The van der Waals surface area contributed by atoms with Crippen LogP contribution in [-0.2, 0) is 9.59 Å². The first kappa shape index (κ1) is 10.4. The molecule has 1 atom stereocenters. The zero-order chi connectivity index (χ0) is 8.85. The van der Waals surface area contributed by atoms with Crippen LogP contribution >= 0.6 is 11.6 Å². The lowest BCUT2D eigenvalue weighted by Crippen LogP contribution is -2.36. The topological polar surface area (TPSA) is 57.2 Å². The normalized spacial score (nSPS) is 12.5. The van der Waals surface area contributed by atoms with Crippen molar-refractivity contribution in [3.63, 3.8) is 0 Å². The van der Waals surface area contributed by atoms with Crippen molar-refractivity contribution < 1.29 is 14.7 Å². The maximum Gasteiger partial charge on any atom is 0.156 e. The molecule has 4 heteroatoms. The third-order valence-electron chi connectivity index (χ3n) is 1.38. The first-order valence-corrected chi connectivity index (χ1v) is 3.96. The number of carbonyl (C=O) groups is 2. The van der Waals surface area contributed by atoms with Crippen LogP contribution in [0.1, 0.15) is 19.8 Å². The second-order valence-corrected chi connectivity index (χ2v) is 2.53. The van der Waals surface area contributed by atoms with Crippen LogP contribution in [0.3, 0.4) is 0 Å². The number of aliphatic carboxylic acids is 1. The zero-order valence-electron chi connectivity index (χ0n) is 6.30. The summed E-state index contributed by atoms with van der Waals surface area (Å²) in [5, 5.41) is 10.3. The summed E-state index contributed by atoms with van der Waals surface area (Å²) in [6.07, 6.45) is 0.954. The first-order valence-electron chi connectivity index (χ1n) is 3.43. The molecule has 64 valence electrons. The van der Waals surface area contributed by atoms with E-state index in [-0.39, 0.29) is 5.88 Å². The summed E-state index contributed by atoms with van der Waals surface area (Å²) < 4.78 is 0. The van der Waals surface area contributed by atoms with Crippen molar-refractivity contribution in [3.8, 4) is 0 Å². The van der Waals surface area contributed by atoms with Gasteiger partial charge in [-0.15, -0.1) is 11.6 Å². The Morgan fingerprint density at radius 1 is 1.55 bits per heavy atom. The minimum Gasteiger partial charge on any atom is -0.549 e. The van der Waals surface area contributed by atoms with E-state index in [1.165, 1.54) is 0 Å². The lowest BCUT2D eigenvalue weighted by molar-refractivity contribution is -0.310. The van der Waals surface area contributed by atoms with Crippen molar-refractivity contribution in [2.75, 3.05) is 5.88 Å². The predicted molar refractivity (Wildman–Crippen MR) is 39.1 cm³/mol. The van der Waals surface area contributed by atoms with Crippen LogP contribution in [0.2, 0.25) is 0 Å². The van der Waals surface area contributed by atoms with E-state index in [2.05, 4.69) is 0 Å². The quantitative estimate of drug-likeness (QED) is 0.438. The Labute approximate surface area is 70.3 Å². The Kier molecular flexibility index (Phi) is 4.86. The zero-order valence-corrected chi connectivity index (χ0v) is 7.06. The van der Waals surface area contributed by atoms with Crippen molar-refractivity contribution in [2.24, 2.45) is 5.92 Å². The van der Waals surface area contributed by atoms with E-state index in [1.54, 1.807) is 6.92 Å². The molecule has 0 saturated heterocycles. The van der Waals surface area contributed by atoms with Crippen LogP contribution in [0.4, 0.5) is 0 Å². The van der Waals surface area contributed by atoms with Gasteiger partial charge in [-0.1, -0.05) is 13.3 Å². The van der Waals surface area contributed by atoms with Gasteiger partial charge in [0, 0.05) is 0 Å². The largest absolute Gasteiger partial charge is 0.549 e. The smallest absolute Gasteiger partial charge is 0.156 e. The Morgan fingerprint density at radius 3 is 2.36 bits per heavy atom. The van der Waals surface area contributed by atoms with Gasteiger partial charge in [0.05, 0.1) is 17.8 Å². The molecule has 0 saturated carbocycles. The van der Waals surface area contributed by atoms with E-state index >= 15 is 0 Å². The average Bonchev–Trinajstić information content (AvgIpc) is 1.98. The number of carboxylic acids is 1. The van der Waals surface area contributed by atoms with Crippen LogP contribution in [0.25, 0.3) is 0 Å². The number of Topliss-reactive ketones (excluding diaryl/α,β-unsaturated/α-hetero) is 1. The molecular weight excluding hydrogens is 168 g/mol. The number of alkyl halides is 1. The van der Waals surface area contributed by atoms with Gasteiger partial charge in [0.25, 0.3) is 0 Å². The molecule has 0 aromatic rings. The van der Waals surface area contributed by atoms with E-state index in [9.17, 15) is 14.7 Å². The van der Waals surface area contributed by atoms with Gasteiger partial charge < -0.3 is 9.90 Å². The fraction of sp³-hybridized carbons (Fsp3) is 0.714. The molecule has 0 spiro atoms. The molecule has 11 heavy (non-hydrogen) atoms. The number of hydrogen-bond acceptors (Lipinski definition) is 3. The third kappa shape index (κ3) is 3.37. The van der Waals surface area contributed by atoms with E-state index < -0.39 is 17.7 Å². The summed E-state index contributed by atoms with van der Waals surface area (Å²) >= 11 is 5.19.